The number of nitrogen functional groups attached to an aromatic ring is 1. The molecule has 0 radical (unpaired) electrons. The number of esters is 1. The molecule has 1 aromatic heterocycles. The third-order valence-electron chi connectivity index (χ3n) is 3.09. The van der Waals surface area contributed by atoms with E-state index in [4.69, 9.17) is 10.5 Å². The molecule has 1 aromatic carbocycles. The predicted octanol–water partition coefficient (Wildman–Crippen LogP) is 2.11. The maximum Gasteiger partial charge on any atom is 0.340 e. The van der Waals surface area contributed by atoms with Crippen LogP contribution in [0.15, 0.2) is 24.5 Å². The van der Waals surface area contributed by atoms with Gasteiger partial charge in [0.25, 0.3) is 0 Å². The largest absolute Gasteiger partial charge is 0.465 e. The van der Waals surface area contributed by atoms with Gasteiger partial charge in [0.05, 0.1) is 12.7 Å². The lowest BCUT2D eigenvalue weighted by molar-refractivity contribution is 0.0602. The quantitative estimate of drug-likeness (QED) is 0.677. The smallest absolute Gasteiger partial charge is 0.340 e. The molecule has 2 N–H and O–H groups in total. The average Bonchev–Trinajstić information content (AvgIpc) is 2.89. The van der Waals surface area contributed by atoms with Crippen molar-refractivity contribution in [2.45, 2.75) is 20.3 Å². The van der Waals surface area contributed by atoms with Crippen LogP contribution < -0.4 is 5.73 Å². The first-order valence-electron chi connectivity index (χ1n) is 6.09. The van der Waals surface area contributed by atoms with Crippen LogP contribution in [0.5, 0.6) is 0 Å². The number of carbonyl (C=O) groups excluding carboxylic acids is 1. The molecule has 1 heterocycles. The van der Waals surface area contributed by atoms with Crippen molar-refractivity contribution in [3.63, 3.8) is 0 Å². The van der Waals surface area contributed by atoms with Crippen LogP contribution in [0.3, 0.4) is 0 Å². The SMILES string of the molecule is CCc1nccn1-c1cc(C)c(N)c(C(=O)OC)c1. The molecule has 0 unspecified atom stereocenters. The van der Waals surface area contributed by atoms with E-state index in [2.05, 4.69) is 4.98 Å². The Kier molecular flexibility index (Phi) is 3.55. The molecule has 0 aliphatic heterocycles. The van der Waals surface area contributed by atoms with Gasteiger partial charge in [-0.3, -0.25) is 0 Å². The molecule has 0 saturated carbocycles. The van der Waals surface area contributed by atoms with E-state index in [1.165, 1.54) is 7.11 Å². The number of aromatic nitrogens is 2. The highest BCUT2D eigenvalue weighted by Crippen LogP contribution is 2.23. The van der Waals surface area contributed by atoms with Crippen molar-refractivity contribution in [3.05, 3.63) is 41.5 Å². The standard InChI is InChI=1S/C14H17N3O2/c1-4-12-16-5-6-17(12)10-7-9(2)13(15)11(8-10)14(18)19-3/h5-8H,4,15H2,1-3H3. The van der Waals surface area contributed by atoms with Crippen molar-refractivity contribution in [2.24, 2.45) is 0 Å². The molecule has 2 rings (SSSR count). The molecule has 0 aliphatic carbocycles. The Labute approximate surface area is 112 Å². The molecule has 2 aromatic rings. The van der Waals surface area contributed by atoms with Gasteiger partial charge in [0.1, 0.15) is 5.82 Å². The molecule has 5 nitrogen and oxygen atoms in total. The van der Waals surface area contributed by atoms with Gasteiger partial charge in [-0.2, -0.15) is 0 Å². The molecule has 0 bridgehead atoms. The molecule has 100 valence electrons. The molecule has 0 spiro atoms. The number of carbonyl (C=O) groups is 1. The highest BCUT2D eigenvalue weighted by molar-refractivity contribution is 5.96. The molecule has 0 aliphatic rings. The van der Waals surface area contributed by atoms with Gasteiger partial charge < -0.3 is 15.0 Å². The van der Waals surface area contributed by atoms with Gasteiger partial charge in [0.15, 0.2) is 0 Å². The molecule has 5 heteroatoms. The zero-order valence-corrected chi connectivity index (χ0v) is 11.3. The van der Waals surface area contributed by atoms with Crippen molar-refractivity contribution in [1.82, 2.24) is 9.55 Å². The van der Waals surface area contributed by atoms with Crippen molar-refractivity contribution in [1.29, 1.82) is 0 Å². The number of benzene rings is 1. The first kappa shape index (κ1) is 13.1. The number of anilines is 1. The molecule has 0 atom stereocenters. The van der Waals surface area contributed by atoms with Crippen LogP contribution in [0, 0.1) is 6.92 Å². The Morgan fingerprint density at radius 3 is 2.84 bits per heavy atom. The molecule has 0 saturated heterocycles. The Bertz CT molecular complexity index is 617. The number of aryl methyl sites for hydroxylation is 2. The van der Waals surface area contributed by atoms with Gasteiger partial charge in [-0.25, -0.2) is 9.78 Å². The van der Waals surface area contributed by atoms with Crippen LogP contribution in [0.2, 0.25) is 0 Å². The first-order chi connectivity index (χ1) is 9.08. The van der Waals surface area contributed by atoms with Gasteiger partial charge in [-0.15, -0.1) is 0 Å². The number of hydrogen-bond acceptors (Lipinski definition) is 4. The summed E-state index contributed by atoms with van der Waals surface area (Å²) in [4.78, 5) is 16.0. The van der Waals surface area contributed by atoms with Crippen molar-refractivity contribution < 1.29 is 9.53 Å². The summed E-state index contributed by atoms with van der Waals surface area (Å²) in [6.07, 6.45) is 4.41. The number of rotatable bonds is 3. The number of hydrogen-bond donors (Lipinski definition) is 1. The second-order valence-electron chi connectivity index (χ2n) is 4.28. The molecular weight excluding hydrogens is 242 g/mol. The predicted molar refractivity (Wildman–Crippen MR) is 73.4 cm³/mol. The average molecular weight is 259 g/mol. The summed E-state index contributed by atoms with van der Waals surface area (Å²) in [7, 11) is 1.35. The first-order valence-corrected chi connectivity index (χ1v) is 6.09. The Morgan fingerprint density at radius 2 is 2.21 bits per heavy atom. The second kappa shape index (κ2) is 5.14. The van der Waals surface area contributed by atoms with E-state index in [1.807, 2.05) is 30.7 Å². The summed E-state index contributed by atoms with van der Waals surface area (Å²) in [6, 6.07) is 3.66. The lowest BCUT2D eigenvalue weighted by atomic mass is 10.1. The van der Waals surface area contributed by atoms with Crippen molar-refractivity contribution in [2.75, 3.05) is 12.8 Å². The summed E-state index contributed by atoms with van der Waals surface area (Å²) in [6.45, 7) is 3.90. The van der Waals surface area contributed by atoms with Crippen LogP contribution >= 0.6 is 0 Å². The highest BCUT2D eigenvalue weighted by atomic mass is 16.5. The Balaban J connectivity index is 2.60. The normalized spacial score (nSPS) is 10.5. The topological polar surface area (TPSA) is 70.1 Å². The fourth-order valence-corrected chi connectivity index (χ4v) is 2.03. The number of methoxy groups -OCH3 is 1. The number of nitrogens with zero attached hydrogens (tertiary/aromatic N) is 2. The zero-order chi connectivity index (χ0) is 14.0. The maximum absolute atomic E-state index is 11.7. The maximum atomic E-state index is 11.7. The molecule has 0 fully saturated rings. The molecular formula is C14H17N3O2. The minimum Gasteiger partial charge on any atom is -0.465 e. The number of ether oxygens (including phenoxy) is 1. The second-order valence-corrected chi connectivity index (χ2v) is 4.28. The fourth-order valence-electron chi connectivity index (χ4n) is 2.03. The summed E-state index contributed by atoms with van der Waals surface area (Å²) < 4.78 is 6.70. The van der Waals surface area contributed by atoms with E-state index in [-0.39, 0.29) is 0 Å². The monoisotopic (exact) mass is 259 g/mol. The van der Waals surface area contributed by atoms with Gasteiger partial charge in [-0.05, 0) is 24.6 Å². The van der Waals surface area contributed by atoms with Gasteiger partial charge >= 0.3 is 5.97 Å². The Hall–Kier alpha value is -2.30. The Morgan fingerprint density at radius 1 is 1.47 bits per heavy atom. The molecule has 19 heavy (non-hydrogen) atoms. The van der Waals surface area contributed by atoms with E-state index in [9.17, 15) is 4.79 Å². The third-order valence-corrected chi connectivity index (χ3v) is 3.09. The lowest BCUT2D eigenvalue weighted by Gasteiger charge is -2.12. The van der Waals surface area contributed by atoms with E-state index >= 15 is 0 Å². The van der Waals surface area contributed by atoms with E-state index in [0.29, 0.717) is 11.3 Å². The number of imidazole rings is 1. The van der Waals surface area contributed by atoms with Crippen LogP contribution in [-0.2, 0) is 11.2 Å². The lowest BCUT2D eigenvalue weighted by Crippen LogP contribution is -2.09. The number of nitrogens with two attached hydrogens (primary N) is 1. The summed E-state index contributed by atoms with van der Waals surface area (Å²) in [5.41, 5.74) is 8.47. The third kappa shape index (κ3) is 2.31. The highest BCUT2D eigenvalue weighted by Gasteiger charge is 2.15. The minimum atomic E-state index is -0.430. The van der Waals surface area contributed by atoms with E-state index in [1.54, 1.807) is 12.3 Å². The van der Waals surface area contributed by atoms with Crippen molar-refractivity contribution >= 4 is 11.7 Å². The van der Waals surface area contributed by atoms with E-state index in [0.717, 1.165) is 23.5 Å². The van der Waals surface area contributed by atoms with Crippen LogP contribution in [0.25, 0.3) is 5.69 Å². The van der Waals surface area contributed by atoms with Gasteiger partial charge in [0.2, 0.25) is 0 Å². The van der Waals surface area contributed by atoms with E-state index < -0.39 is 5.97 Å². The molecule has 0 amide bonds. The van der Waals surface area contributed by atoms with Crippen LogP contribution in [0.4, 0.5) is 5.69 Å². The minimum absolute atomic E-state index is 0.383. The van der Waals surface area contributed by atoms with Crippen LogP contribution in [-0.4, -0.2) is 22.6 Å². The fraction of sp³-hybridized carbons (Fsp3) is 0.286. The van der Waals surface area contributed by atoms with Gasteiger partial charge in [0, 0.05) is 30.2 Å². The van der Waals surface area contributed by atoms with Crippen molar-refractivity contribution in [3.8, 4) is 5.69 Å². The summed E-state index contributed by atoms with van der Waals surface area (Å²) >= 11 is 0. The van der Waals surface area contributed by atoms with Gasteiger partial charge in [-0.1, -0.05) is 6.92 Å². The zero-order valence-electron chi connectivity index (χ0n) is 11.3. The van der Waals surface area contributed by atoms with Crippen LogP contribution in [0.1, 0.15) is 28.7 Å². The summed E-state index contributed by atoms with van der Waals surface area (Å²) in [5, 5.41) is 0. The summed E-state index contributed by atoms with van der Waals surface area (Å²) in [5.74, 6) is 0.501.